The van der Waals surface area contributed by atoms with Crippen LogP contribution in [0.3, 0.4) is 0 Å². The zero-order valence-corrected chi connectivity index (χ0v) is 13.7. The van der Waals surface area contributed by atoms with Crippen LogP contribution in [-0.2, 0) is 12.8 Å². The van der Waals surface area contributed by atoms with Crippen molar-refractivity contribution in [3.05, 3.63) is 65.2 Å². The summed E-state index contributed by atoms with van der Waals surface area (Å²) in [6.45, 7) is 1.03. The van der Waals surface area contributed by atoms with Gasteiger partial charge in [0, 0.05) is 12.7 Å². The number of anilines is 1. The van der Waals surface area contributed by atoms with Crippen molar-refractivity contribution in [2.45, 2.75) is 31.7 Å². The van der Waals surface area contributed by atoms with Crippen molar-refractivity contribution in [3.63, 3.8) is 0 Å². The number of fused-ring (bicyclic) bond motifs is 1. The van der Waals surface area contributed by atoms with Gasteiger partial charge >= 0.3 is 0 Å². The maximum absolute atomic E-state index is 3.30. The first-order valence-electron chi connectivity index (χ1n) is 8.34. The summed E-state index contributed by atoms with van der Waals surface area (Å²) in [4.78, 5) is 2.48. The number of nitrogens with zero attached hydrogens (tertiary/aromatic N) is 1. The van der Waals surface area contributed by atoms with E-state index in [-0.39, 0.29) is 0 Å². The molecule has 0 heterocycles. The van der Waals surface area contributed by atoms with E-state index in [1.165, 1.54) is 30.5 Å². The van der Waals surface area contributed by atoms with Gasteiger partial charge in [0.25, 0.3) is 0 Å². The summed E-state index contributed by atoms with van der Waals surface area (Å²) in [7, 11) is 4.28. The predicted octanol–water partition coefficient (Wildman–Crippen LogP) is 3.96. The third-order valence-corrected chi connectivity index (χ3v) is 4.82. The fourth-order valence-electron chi connectivity index (χ4n) is 3.64. The summed E-state index contributed by atoms with van der Waals surface area (Å²) in [6, 6.07) is 18.1. The molecule has 2 aromatic rings. The number of aryl methyl sites for hydroxylation is 1. The molecule has 1 N–H and O–H groups in total. The number of hydrogen-bond donors (Lipinski definition) is 1. The lowest BCUT2D eigenvalue weighted by molar-refractivity contribution is 0.585. The van der Waals surface area contributed by atoms with Crippen molar-refractivity contribution in [1.82, 2.24) is 5.32 Å². The van der Waals surface area contributed by atoms with E-state index in [1.807, 2.05) is 7.05 Å². The first-order chi connectivity index (χ1) is 10.8. The fraction of sp³-hybridized carbons (Fsp3) is 0.400. The summed E-state index contributed by atoms with van der Waals surface area (Å²) >= 11 is 0. The number of nitrogens with one attached hydrogen (secondary N) is 1. The molecule has 1 aliphatic carbocycles. The van der Waals surface area contributed by atoms with Gasteiger partial charge in [-0.2, -0.15) is 0 Å². The highest BCUT2D eigenvalue weighted by molar-refractivity contribution is 5.59. The Morgan fingerprint density at radius 3 is 2.64 bits per heavy atom. The lowest BCUT2D eigenvalue weighted by Crippen LogP contribution is -2.28. The first kappa shape index (κ1) is 15.1. The van der Waals surface area contributed by atoms with E-state index in [2.05, 4.69) is 65.8 Å². The molecule has 1 aliphatic rings. The fourth-order valence-corrected chi connectivity index (χ4v) is 3.64. The largest absolute Gasteiger partial charge is 0.367 e. The van der Waals surface area contributed by atoms with Crippen LogP contribution >= 0.6 is 0 Å². The van der Waals surface area contributed by atoms with Gasteiger partial charge < -0.3 is 10.2 Å². The molecule has 3 rings (SSSR count). The van der Waals surface area contributed by atoms with Gasteiger partial charge in [-0.15, -0.1) is 0 Å². The second-order valence-electron chi connectivity index (χ2n) is 6.20. The molecule has 2 aromatic carbocycles. The lowest BCUT2D eigenvalue weighted by Gasteiger charge is -2.32. The zero-order chi connectivity index (χ0) is 15.4. The van der Waals surface area contributed by atoms with Crippen molar-refractivity contribution in [2.75, 3.05) is 25.5 Å². The molecule has 0 fully saturated rings. The standard InChI is InChI=1S/C20H26N2/c1-21-15-14-19(17-8-4-3-5-9-17)22(2)20-13-7-11-16-10-6-12-18(16)20/h3-5,7-9,11,13,19,21H,6,10,12,14-15H2,1-2H3. The molecule has 0 saturated heterocycles. The van der Waals surface area contributed by atoms with Gasteiger partial charge in [0.05, 0.1) is 6.04 Å². The van der Waals surface area contributed by atoms with Crippen LogP contribution in [0.15, 0.2) is 48.5 Å². The monoisotopic (exact) mass is 294 g/mol. The van der Waals surface area contributed by atoms with Gasteiger partial charge in [0.1, 0.15) is 0 Å². The van der Waals surface area contributed by atoms with Crippen molar-refractivity contribution in [1.29, 1.82) is 0 Å². The highest BCUT2D eigenvalue weighted by Gasteiger charge is 2.22. The van der Waals surface area contributed by atoms with Crippen molar-refractivity contribution in [2.24, 2.45) is 0 Å². The van der Waals surface area contributed by atoms with E-state index in [0.29, 0.717) is 6.04 Å². The summed E-state index contributed by atoms with van der Waals surface area (Å²) in [5.74, 6) is 0. The Hall–Kier alpha value is -1.80. The predicted molar refractivity (Wildman–Crippen MR) is 94.6 cm³/mol. The Bertz CT molecular complexity index is 606. The van der Waals surface area contributed by atoms with Crippen LogP contribution in [0, 0.1) is 0 Å². The number of rotatable bonds is 6. The minimum absolute atomic E-state index is 0.417. The second-order valence-corrected chi connectivity index (χ2v) is 6.20. The van der Waals surface area contributed by atoms with Gasteiger partial charge in [0.15, 0.2) is 0 Å². The van der Waals surface area contributed by atoms with Crippen LogP contribution in [0.1, 0.15) is 35.6 Å². The van der Waals surface area contributed by atoms with Crippen LogP contribution in [0.2, 0.25) is 0 Å². The highest BCUT2D eigenvalue weighted by Crippen LogP contribution is 2.35. The van der Waals surface area contributed by atoms with Crippen molar-refractivity contribution >= 4 is 5.69 Å². The summed E-state index contributed by atoms with van der Waals surface area (Å²) in [6.07, 6.45) is 4.88. The molecule has 0 radical (unpaired) electrons. The van der Waals surface area contributed by atoms with E-state index in [1.54, 1.807) is 11.1 Å². The Kier molecular flexibility index (Phi) is 4.79. The SMILES string of the molecule is CNCCC(c1ccccc1)N(C)c1cccc2c1CCC2. The van der Waals surface area contributed by atoms with E-state index >= 15 is 0 Å². The maximum atomic E-state index is 3.30. The molecule has 1 unspecified atom stereocenters. The molecule has 0 spiro atoms. The molecule has 0 amide bonds. The molecular formula is C20H26N2. The topological polar surface area (TPSA) is 15.3 Å². The summed E-state index contributed by atoms with van der Waals surface area (Å²) in [5.41, 5.74) is 5.93. The van der Waals surface area contributed by atoms with Crippen LogP contribution in [-0.4, -0.2) is 20.6 Å². The van der Waals surface area contributed by atoms with E-state index in [0.717, 1.165) is 13.0 Å². The quantitative estimate of drug-likeness (QED) is 0.867. The summed E-state index contributed by atoms with van der Waals surface area (Å²) in [5, 5.41) is 3.30. The number of benzene rings is 2. The molecule has 2 heteroatoms. The maximum Gasteiger partial charge on any atom is 0.0551 e. The summed E-state index contributed by atoms with van der Waals surface area (Å²) < 4.78 is 0. The van der Waals surface area contributed by atoms with Crippen LogP contribution in [0.5, 0.6) is 0 Å². The van der Waals surface area contributed by atoms with Crippen molar-refractivity contribution in [3.8, 4) is 0 Å². The average molecular weight is 294 g/mol. The average Bonchev–Trinajstić information content (AvgIpc) is 3.04. The number of hydrogen-bond acceptors (Lipinski definition) is 2. The molecule has 2 nitrogen and oxygen atoms in total. The van der Waals surface area contributed by atoms with Crippen LogP contribution < -0.4 is 10.2 Å². The van der Waals surface area contributed by atoms with Gasteiger partial charge in [-0.25, -0.2) is 0 Å². The van der Waals surface area contributed by atoms with E-state index in [9.17, 15) is 0 Å². The molecule has 1 atom stereocenters. The first-order valence-corrected chi connectivity index (χ1v) is 8.34. The zero-order valence-electron chi connectivity index (χ0n) is 13.7. The Labute approximate surface area is 134 Å². The molecule has 0 aromatic heterocycles. The van der Waals surface area contributed by atoms with Crippen molar-refractivity contribution < 1.29 is 0 Å². The van der Waals surface area contributed by atoms with E-state index in [4.69, 9.17) is 0 Å². The van der Waals surface area contributed by atoms with Gasteiger partial charge in [-0.3, -0.25) is 0 Å². The van der Waals surface area contributed by atoms with Crippen LogP contribution in [0.25, 0.3) is 0 Å². The second kappa shape index (κ2) is 6.97. The molecular weight excluding hydrogens is 268 g/mol. The highest BCUT2D eigenvalue weighted by atomic mass is 15.1. The molecule has 22 heavy (non-hydrogen) atoms. The smallest absolute Gasteiger partial charge is 0.0551 e. The molecule has 0 aliphatic heterocycles. The molecule has 0 bridgehead atoms. The molecule has 116 valence electrons. The van der Waals surface area contributed by atoms with E-state index < -0.39 is 0 Å². The lowest BCUT2D eigenvalue weighted by atomic mass is 9.99. The Morgan fingerprint density at radius 2 is 1.86 bits per heavy atom. The van der Waals surface area contributed by atoms with Gasteiger partial charge in [-0.1, -0.05) is 42.5 Å². The van der Waals surface area contributed by atoms with Crippen LogP contribution in [0.4, 0.5) is 5.69 Å². The minimum atomic E-state index is 0.417. The minimum Gasteiger partial charge on any atom is -0.367 e. The van der Waals surface area contributed by atoms with Gasteiger partial charge in [0.2, 0.25) is 0 Å². The third kappa shape index (κ3) is 3.02. The normalized spacial score (nSPS) is 14.6. The van der Waals surface area contributed by atoms with Gasteiger partial charge in [-0.05, 0) is 62.0 Å². The Morgan fingerprint density at radius 1 is 1.05 bits per heavy atom. The Balaban J connectivity index is 1.92. The molecule has 0 saturated carbocycles. The third-order valence-electron chi connectivity index (χ3n) is 4.82.